The van der Waals surface area contributed by atoms with Crippen LogP contribution in [-0.2, 0) is 4.79 Å². The highest BCUT2D eigenvalue weighted by Crippen LogP contribution is 2.31. The number of carbonyl (C=O) groups excluding carboxylic acids is 1. The van der Waals surface area contributed by atoms with Crippen LogP contribution in [0.2, 0.25) is 5.02 Å². The molecule has 29 heavy (non-hydrogen) atoms. The average Bonchev–Trinajstić information content (AvgIpc) is 3.16. The van der Waals surface area contributed by atoms with E-state index in [2.05, 4.69) is 20.8 Å². The standard InChI is InChI=1S/C20H21ClN4O2S2/c1-3-27-17-11-7-6-10-16(17)23-19-24-25-20(29-19)28-12-18(26)22-13(2)14-8-4-5-9-15(14)21/h4-11,13H,3,12H2,1-2H3,(H,22,26)(H,23,24). The number of hydrogen-bond donors (Lipinski definition) is 2. The van der Waals surface area contributed by atoms with Gasteiger partial charge in [0.2, 0.25) is 11.0 Å². The molecule has 2 N–H and O–H groups in total. The van der Waals surface area contributed by atoms with Crippen LogP contribution in [0.15, 0.2) is 52.9 Å². The summed E-state index contributed by atoms with van der Waals surface area (Å²) >= 11 is 8.92. The van der Waals surface area contributed by atoms with Crippen molar-refractivity contribution in [3.63, 3.8) is 0 Å². The molecule has 3 aromatic rings. The Kier molecular flexibility index (Phi) is 7.74. The molecular weight excluding hydrogens is 428 g/mol. The zero-order chi connectivity index (χ0) is 20.6. The van der Waals surface area contributed by atoms with Gasteiger partial charge in [-0.2, -0.15) is 0 Å². The van der Waals surface area contributed by atoms with Crippen LogP contribution in [0.5, 0.6) is 5.75 Å². The Hall–Kier alpha value is -2.29. The van der Waals surface area contributed by atoms with Crippen molar-refractivity contribution in [1.82, 2.24) is 15.5 Å². The number of halogens is 1. The number of para-hydroxylation sites is 2. The number of ether oxygens (including phenoxy) is 1. The fourth-order valence-electron chi connectivity index (χ4n) is 2.60. The van der Waals surface area contributed by atoms with Crippen LogP contribution in [0.25, 0.3) is 0 Å². The minimum Gasteiger partial charge on any atom is -0.492 e. The second-order valence-corrected chi connectivity index (χ2v) is 8.63. The SMILES string of the molecule is CCOc1ccccc1Nc1nnc(SCC(=O)NC(C)c2ccccc2Cl)s1. The van der Waals surface area contributed by atoms with Gasteiger partial charge in [0.15, 0.2) is 4.34 Å². The first-order chi connectivity index (χ1) is 14.1. The van der Waals surface area contributed by atoms with Crippen molar-refractivity contribution in [1.29, 1.82) is 0 Å². The Labute approximate surface area is 183 Å². The Morgan fingerprint density at radius 2 is 1.97 bits per heavy atom. The summed E-state index contributed by atoms with van der Waals surface area (Å²) in [4.78, 5) is 12.3. The van der Waals surface area contributed by atoms with E-state index in [9.17, 15) is 4.79 Å². The summed E-state index contributed by atoms with van der Waals surface area (Å²) in [6, 6.07) is 15.0. The normalized spacial score (nSPS) is 11.7. The van der Waals surface area contributed by atoms with Gasteiger partial charge in [-0.15, -0.1) is 10.2 Å². The number of aromatic nitrogens is 2. The lowest BCUT2D eigenvalue weighted by atomic mass is 10.1. The zero-order valence-corrected chi connectivity index (χ0v) is 18.4. The van der Waals surface area contributed by atoms with Crippen molar-refractivity contribution in [3.8, 4) is 5.75 Å². The fourth-order valence-corrected chi connectivity index (χ4v) is 4.47. The van der Waals surface area contributed by atoms with Gasteiger partial charge in [0.1, 0.15) is 5.75 Å². The second kappa shape index (κ2) is 10.5. The van der Waals surface area contributed by atoms with Crippen LogP contribution in [-0.4, -0.2) is 28.5 Å². The topological polar surface area (TPSA) is 76.1 Å². The zero-order valence-electron chi connectivity index (χ0n) is 16.0. The number of nitrogens with one attached hydrogen (secondary N) is 2. The van der Waals surface area contributed by atoms with Crippen molar-refractivity contribution in [2.24, 2.45) is 0 Å². The summed E-state index contributed by atoms with van der Waals surface area (Å²) in [5.74, 6) is 0.917. The molecule has 1 unspecified atom stereocenters. The number of anilines is 2. The van der Waals surface area contributed by atoms with Crippen LogP contribution in [0.4, 0.5) is 10.8 Å². The molecule has 9 heteroatoms. The van der Waals surface area contributed by atoms with Crippen LogP contribution < -0.4 is 15.4 Å². The summed E-state index contributed by atoms with van der Waals surface area (Å²) in [5.41, 5.74) is 1.72. The smallest absolute Gasteiger partial charge is 0.230 e. The molecule has 0 bridgehead atoms. The molecular formula is C20H21ClN4O2S2. The molecule has 0 fully saturated rings. The number of carbonyl (C=O) groups is 1. The van der Waals surface area contributed by atoms with Crippen molar-refractivity contribution in [2.75, 3.05) is 17.7 Å². The quantitative estimate of drug-likeness (QED) is 0.432. The maximum absolute atomic E-state index is 12.3. The Morgan fingerprint density at radius 3 is 2.76 bits per heavy atom. The molecule has 0 spiro atoms. The summed E-state index contributed by atoms with van der Waals surface area (Å²) in [6.45, 7) is 4.43. The maximum atomic E-state index is 12.3. The Bertz CT molecular complexity index is 967. The highest BCUT2D eigenvalue weighted by molar-refractivity contribution is 8.01. The molecule has 0 aliphatic rings. The van der Waals surface area contributed by atoms with E-state index >= 15 is 0 Å². The van der Waals surface area contributed by atoms with E-state index in [0.717, 1.165) is 17.0 Å². The number of hydrogen-bond acceptors (Lipinski definition) is 7. The first-order valence-corrected chi connectivity index (χ1v) is 11.2. The van der Waals surface area contributed by atoms with E-state index in [1.54, 1.807) is 0 Å². The number of nitrogens with zero attached hydrogens (tertiary/aromatic N) is 2. The van der Waals surface area contributed by atoms with Crippen molar-refractivity contribution < 1.29 is 9.53 Å². The lowest BCUT2D eigenvalue weighted by molar-refractivity contribution is -0.119. The number of rotatable bonds is 9. The largest absolute Gasteiger partial charge is 0.492 e. The highest BCUT2D eigenvalue weighted by atomic mass is 35.5. The van der Waals surface area contributed by atoms with Gasteiger partial charge in [-0.05, 0) is 37.6 Å². The molecule has 1 amide bonds. The van der Waals surface area contributed by atoms with Gasteiger partial charge in [-0.1, -0.05) is 65.0 Å². The molecule has 2 aromatic carbocycles. The summed E-state index contributed by atoms with van der Waals surface area (Å²) in [6.07, 6.45) is 0. The molecule has 152 valence electrons. The van der Waals surface area contributed by atoms with E-state index in [1.165, 1.54) is 23.1 Å². The molecule has 0 aliphatic carbocycles. The van der Waals surface area contributed by atoms with Crippen LogP contribution in [0.1, 0.15) is 25.5 Å². The average molecular weight is 449 g/mol. The van der Waals surface area contributed by atoms with Gasteiger partial charge >= 0.3 is 0 Å². The monoisotopic (exact) mass is 448 g/mol. The van der Waals surface area contributed by atoms with Gasteiger partial charge in [-0.3, -0.25) is 4.79 Å². The van der Waals surface area contributed by atoms with E-state index in [4.69, 9.17) is 16.3 Å². The molecule has 1 atom stereocenters. The Balaban J connectivity index is 1.53. The van der Waals surface area contributed by atoms with Crippen molar-refractivity contribution in [2.45, 2.75) is 24.2 Å². The highest BCUT2D eigenvalue weighted by Gasteiger charge is 2.14. The molecule has 0 saturated heterocycles. The lowest BCUT2D eigenvalue weighted by Gasteiger charge is -2.15. The fraction of sp³-hybridized carbons (Fsp3) is 0.250. The van der Waals surface area contributed by atoms with Crippen LogP contribution in [0.3, 0.4) is 0 Å². The van der Waals surface area contributed by atoms with Gasteiger partial charge < -0.3 is 15.4 Å². The molecule has 0 saturated carbocycles. The minimum absolute atomic E-state index is 0.0891. The molecule has 0 radical (unpaired) electrons. The number of amides is 1. The van der Waals surface area contributed by atoms with Crippen LogP contribution >= 0.6 is 34.7 Å². The van der Waals surface area contributed by atoms with Gasteiger partial charge in [-0.25, -0.2) is 0 Å². The van der Waals surface area contributed by atoms with Crippen molar-refractivity contribution >= 4 is 51.4 Å². The Morgan fingerprint density at radius 1 is 1.21 bits per heavy atom. The third-order valence-corrected chi connectivity index (χ3v) is 6.23. The lowest BCUT2D eigenvalue weighted by Crippen LogP contribution is -2.28. The third-order valence-electron chi connectivity index (χ3n) is 3.91. The molecule has 3 rings (SSSR count). The molecule has 1 aromatic heterocycles. The summed E-state index contributed by atoms with van der Waals surface area (Å²) in [5, 5.41) is 15.7. The number of benzene rings is 2. The third kappa shape index (κ3) is 6.09. The second-order valence-electron chi connectivity index (χ2n) is 6.03. The van der Waals surface area contributed by atoms with Crippen LogP contribution in [0, 0.1) is 0 Å². The van der Waals surface area contributed by atoms with Gasteiger partial charge in [0.05, 0.1) is 24.1 Å². The summed E-state index contributed by atoms with van der Waals surface area (Å²) in [7, 11) is 0. The number of thioether (sulfide) groups is 1. The van der Waals surface area contributed by atoms with Gasteiger partial charge in [0.25, 0.3) is 0 Å². The van der Waals surface area contributed by atoms with E-state index in [1.807, 2.05) is 62.4 Å². The molecule has 6 nitrogen and oxygen atoms in total. The van der Waals surface area contributed by atoms with E-state index < -0.39 is 0 Å². The molecule has 0 aliphatic heterocycles. The predicted octanol–water partition coefficient (Wildman–Crippen LogP) is 5.30. The first-order valence-electron chi connectivity index (χ1n) is 9.05. The minimum atomic E-state index is -0.168. The summed E-state index contributed by atoms with van der Waals surface area (Å²) < 4.78 is 6.31. The van der Waals surface area contributed by atoms with E-state index in [0.29, 0.717) is 21.1 Å². The molecule has 1 heterocycles. The van der Waals surface area contributed by atoms with E-state index in [-0.39, 0.29) is 17.7 Å². The maximum Gasteiger partial charge on any atom is 0.230 e. The van der Waals surface area contributed by atoms with Gasteiger partial charge in [0, 0.05) is 5.02 Å². The predicted molar refractivity (Wildman–Crippen MR) is 120 cm³/mol. The van der Waals surface area contributed by atoms with Crippen molar-refractivity contribution in [3.05, 3.63) is 59.1 Å². The first kappa shape index (κ1) is 21.4.